The van der Waals surface area contributed by atoms with Gasteiger partial charge in [-0.2, -0.15) is 13.2 Å². The molecule has 0 spiro atoms. The summed E-state index contributed by atoms with van der Waals surface area (Å²) in [5.41, 5.74) is 3.88. The van der Waals surface area contributed by atoms with Crippen LogP contribution >= 0.6 is 15.9 Å². The Bertz CT molecular complexity index is 297. The third-order valence-corrected chi connectivity index (χ3v) is 1.88. The number of hydrogen-bond donors (Lipinski definition) is 1. The molecule has 2 nitrogen and oxygen atoms in total. The van der Waals surface area contributed by atoms with Crippen LogP contribution in [0, 0.1) is 0 Å². The summed E-state index contributed by atoms with van der Waals surface area (Å²) in [6.07, 6.45) is -3.38. The number of nitrogens with two attached hydrogens (primary N) is 1. The van der Waals surface area contributed by atoms with Crippen molar-refractivity contribution in [2.45, 2.75) is 6.18 Å². The highest BCUT2D eigenvalue weighted by Crippen LogP contribution is 2.35. The lowest BCUT2D eigenvalue weighted by molar-refractivity contribution is -0.137. The average molecular weight is 241 g/mol. The molecule has 2 N–H and O–H groups in total. The summed E-state index contributed by atoms with van der Waals surface area (Å²) in [4.78, 5) is 3.54. The summed E-state index contributed by atoms with van der Waals surface area (Å²) < 4.78 is 36.3. The topological polar surface area (TPSA) is 38.9 Å². The summed E-state index contributed by atoms with van der Waals surface area (Å²) in [5, 5.41) is 0. The molecule has 1 rings (SSSR count). The number of nitrogens with zero attached hydrogens (tertiary/aromatic N) is 1. The number of alkyl halides is 3. The molecule has 0 aliphatic rings. The molecule has 0 saturated carbocycles. The molecule has 0 atom stereocenters. The molecule has 1 heterocycles. The summed E-state index contributed by atoms with van der Waals surface area (Å²) in [7, 11) is 0. The van der Waals surface area contributed by atoms with Gasteiger partial charge in [0.15, 0.2) is 0 Å². The highest BCUT2D eigenvalue weighted by atomic mass is 79.9. The van der Waals surface area contributed by atoms with E-state index in [0.29, 0.717) is 0 Å². The Hall–Kier alpha value is -0.780. The fraction of sp³-hybridized carbons (Fsp3) is 0.167. The van der Waals surface area contributed by atoms with Crippen LogP contribution in [-0.4, -0.2) is 4.98 Å². The molecule has 0 fully saturated rings. The molecule has 0 bridgehead atoms. The van der Waals surface area contributed by atoms with E-state index in [9.17, 15) is 13.2 Å². The molecule has 6 heteroatoms. The van der Waals surface area contributed by atoms with Crippen LogP contribution in [0.2, 0.25) is 0 Å². The van der Waals surface area contributed by atoms with Crippen LogP contribution in [-0.2, 0) is 6.18 Å². The minimum Gasteiger partial charge on any atom is -0.396 e. The first-order chi connectivity index (χ1) is 5.43. The van der Waals surface area contributed by atoms with Gasteiger partial charge in [-0.15, -0.1) is 0 Å². The molecule has 0 amide bonds. The maximum atomic E-state index is 12.1. The van der Waals surface area contributed by atoms with E-state index < -0.39 is 11.7 Å². The number of pyridine rings is 1. The zero-order valence-corrected chi connectivity index (χ0v) is 7.28. The van der Waals surface area contributed by atoms with Crippen molar-refractivity contribution >= 4 is 21.6 Å². The van der Waals surface area contributed by atoms with Gasteiger partial charge in [0.25, 0.3) is 0 Å². The third kappa shape index (κ3) is 1.69. The number of rotatable bonds is 0. The van der Waals surface area contributed by atoms with Gasteiger partial charge in [-0.05, 0) is 22.0 Å². The average Bonchev–Trinajstić information content (AvgIpc) is 1.92. The van der Waals surface area contributed by atoms with Crippen molar-refractivity contribution in [3.8, 4) is 0 Å². The molecule has 0 aliphatic carbocycles. The van der Waals surface area contributed by atoms with Gasteiger partial charge < -0.3 is 5.73 Å². The second kappa shape index (κ2) is 2.93. The highest BCUT2D eigenvalue weighted by Gasteiger charge is 2.33. The number of aromatic nitrogens is 1. The van der Waals surface area contributed by atoms with E-state index in [1.807, 2.05) is 0 Å². The minimum absolute atomic E-state index is 0.0114. The summed E-state index contributed by atoms with van der Waals surface area (Å²) in [5.74, 6) is 0. The Kier molecular flexibility index (Phi) is 2.27. The van der Waals surface area contributed by atoms with Gasteiger partial charge in [-0.3, -0.25) is 0 Å². The monoisotopic (exact) mass is 240 g/mol. The van der Waals surface area contributed by atoms with Crippen LogP contribution in [0.15, 0.2) is 16.9 Å². The fourth-order valence-electron chi connectivity index (χ4n) is 0.695. The van der Waals surface area contributed by atoms with E-state index in [1.165, 1.54) is 0 Å². The normalized spacial score (nSPS) is 11.7. The molecule has 0 radical (unpaired) electrons. The van der Waals surface area contributed by atoms with E-state index in [-0.39, 0.29) is 10.3 Å². The molecule has 0 aromatic carbocycles. The van der Waals surface area contributed by atoms with Crippen molar-refractivity contribution in [2.75, 3.05) is 5.73 Å². The lowest BCUT2D eigenvalue weighted by Gasteiger charge is -2.09. The predicted octanol–water partition coefficient (Wildman–Crippen LogP) is 2.45. The molecule has 0 saturated heterocycles. The van der Waals surface area contributed by atoms with Gasteiger partial charge in [0.2, 0.25) is 0 Å². The van der Waals surface area contributed by atoms with Crippen molar-refractivity contribution in [3.05, 3.63) is 22.4 Å². The first-order valence-electron chi connectivity index (χ1n) is 2.90. The van der Waals surface area contributed by atoms with Gasteiger partial charge in [-0.1, -0.05) is 0 Å². The van der Waals surface area contributed by atoms with Gasteiger partial charge in [0.1, 0.15) is 4.60 Å². The van der Waals surface area contributed by atoms with Crippen LogP contribution in [0.5, 0.6) is 0 Å². The van der Waals surface area contributed by atoms with E-state index in [2.05, 4.69) is 20.9 Å². The SMILES string of the molecule is Nc1c(C(F)(F)F)ccnc1Br. The Morgan fingerprint density at radius 1 is 1.42 bits per heavy atom. The molecular formula is C6H4BrF3N2. The van der Waals surface area contributed by atoms with Gasteiger partial charge in [0.05, 0.1) is 11.3 Å². The van der Waals surface area contributed by atoms with Gasteiger partial charge >= 0.3 is 6.18 Å². The first-order valence-corrected chi connectivity index (χ1v) is 3.69. The van der Waals surface area contributed by atoms with Crippen LogP contribution in [0.4, 0.5) is 18.9 Å². The Labute approximate surface area is 74.7 Å². The van der Waals surface area contributed by atoms with Crippen LogP contribution in [0.25, 0.3) is 0 Å². The summed E-state index contributed by atoms with van der Waals surface area (Å²) in [6, 6.07) is 0.833. The minimum atomic E-state index is -4.42. The number of halogens is 4. The van der Waals surface area contributed by atoms with Crippen molar-refractivity contribution in [1.82, 2.24) is 4.98 Å². The number of nitrogen functional groups attached to an aromatic ring is 1. The van der Waals surface area contributed by atoms with Crippen LogP contribution < -0.4 is 5.73 Å². The maximum absolute atomic E-state index is 12.1. The smallest absolute Gasteiger partial charge is 0.396 e. The second-order valence-electron chi connectivity index (χ2n) is 2.06. The predicted molar refractivity (Wildman–Crippen MR) is 41.4 cm³/mol. The van der Waals surface area contributed by atoms with Crippen molar-refractivity contribution in [2.24, 2.45) is 0 Å². The van der Waals surface area contributed by atoms with E-state index in [4.69, 9.17) is 5.73 Å². The number of hydrogen-bond acceptors (Lipinski definition) is 2. The Balaban J connectivity index is 3.26. The second-order valence-corrected chi connectivity index (χ2v) is 2.81. The molecule has 1 aromatic heterocycles. The Morgan fingerprint density at radius 2 is 2.00 bits per heavy atom. The lowest BCUT2D eigenvalue weighted by atomic mass is 10.2. The zero-order valence-electron chi connectivity index (χ0n) is 5.69. The quantitative estimate of drug-likeness (QED) is 0.708. The molecule has 0 unspecified atom stereocenters. The molecular weight excluding hydrogens is 237 g/mol. The highest BCUT2D eigenvalue weighted by molar-refractivity contribution is 9.10. The Morgan fingerprint density at radius 3 is 2.42 bits per heavy atom. The standard InChI is InChI=1S/C6H4BrF3N2/c7-5-4(11)3(1-2-12-5)6(8,9)10/h1-2H,11H2. The molecule has 12 heavy (non-hydrogen) atoms. The molecule has 0 aliphatic heterocycles. The maximum Gasteiger partial charge on any atom is 0.418 e. The molecule has 1 aromatic rings. The van der Waals surface area contributed by atoms with Gasteiger partial charge in [-0.25, -0.2) is 4.98 Å². The van der Waals surface area contributed by atoms with E-state index in [0.717, 1.165) is 12.3 Å². The first kappa shape index (κ1) is 9.31. The summed E-state index contributed by atoms with van der Waals surface area (Å²) in [6.45, 7) is 0. The third-order valence-electron chi connectivity index (χ3n) is 1.25. The lowest BCUT2D eigenvalue weighted by Crippen LogP contribution is -2.09. The summed E-state index contributed by atoms with van der Waals surface area (Å²) >= 11 is 2.80. The fourth-order valence-corrected chi connectivity index (χ4v) is 1.03. The van der Waals surface area contributed by atoms with E-state index in [1.54, 1.807) is 0 Å². The van der Waals surface area contributed by atoms with Crippen molar-refractivity contribution in [1.29, 1.82) is 0 Å². The van der Waals surface area contributed by atoms with Crippen molar-refractivity contribution in [3.63, 3.8) is 0 Å². The van der Waals surface area contributed by atoms with Crippen LogP contribution in [0.1, 0.15) is 5.56 Å². The van der Waals surface area contributed by atoms with Gasteiger partial charge in [0, 0.05) is 6.20 Å². The largest absolute Gasteiger partial charge is 0.418 e. The zero-order chi connectivity index (χ0) is 9.35. The van der Waals surface area contributed by atoms with Crippen LogP contribution in [0.3, 0.4) is 0 Å². The van der Waals surface area contributed by atoms with Crippen molar-refractivity contribution < 1.29 is 13.2 Å². The van der Waals surface area contributed by atoms with E-state index >= 15 is 0 Å². The number of anilines is 1. The molecule has 66 valence electrons.